The van der Waals surface area contributed by atoms with Crippen LogP contribution in [-0.2, 0) is 11.3 Å². The Hall–Kier alpha value is -2.13. The van der Waals surface area contributed by atoms with Crippen LogP contribution in [0.5, 0.6) is 0 Å². The molecule has 1 N–H and O–H groups in total. The van der Waals surface area contributed by atoms with Crippen molar-refractivity contribution in [2.45, 2.75) is 39.3 Å². The molecule has 3 nitrogen and oxygen atoms in total. The van der Waals surface area contributed by atoms with E-state index in [2.05, 4.69) is 60.5 Å². The Morgan fingerprint density at radius 3 is 2.36 bits per heavy atom. The highest BCUT2D eigenvalue weighted by Crippen LogP contribution is 2.21. The molecule has 2 aromatic rings. The normalized spacial score (nSPS) is 17.2. The zero-order valence-electron chi connectivity index (χ0n) is 15.2. The van der Waals surface area contributed by atoms with Crippen molar-refractivity contribution in [1.29, 1.82) is 0 Å². The highest BCUT2D eigenvalue weighted by molar-refractivity contribution is 5.79. The molecular weight excluding hydrogens is 308 g/mol. The van der Waals surface area contributed by atoms with Crippen LogP contribution in [0.15, 0.2) is 54.6 Å². The molecule has 3 rings (SSSR count). The van der Waals surface area contributed by atoms with Crippen LogP contribution in [0, 0.1) is 12.8 Å². The molecular formula is C22H28N2O. The summed E-state index contributed by atoms with van der Waals surface area (Å²) in [5.41, 5.74) is 3.81. The van der Waals surface area contributed by atoms with E-state index in [1.54, 1.807) is 0 Å². The third kappa shape index (κ3) is 4.93. The standard InChI is InChI=1S/C22H28N2O/c1-17-8-10-19(11-9-17)16-24-14-12-21(13-15-24)22(25)23-18(2)20-6-4-3-5-7-20/h3-11,18,21H,12-16H2,1-2H3,(H,23,25)/t18-/m0/s1. The van der Waals surface area contributed by atoms with Gasteiger partial charge in [0.1, 0.15) is 0 Å². The quantitative estimate of drug-likeness (QED) is 0.892. The van der Waals surface area contributed by atoms with Crippen molar-refractivity contribution in [2.75, 3.05) is 13.1 Å². The molecule has 1 saturated heterocycles. The lowest BCUT2D eigenvalue weighted by atomic mass is 9.95. The molecule has 1 heterocycles. The van der Waals surface area contributed by atoms with Gasteiger partial charge in [-0.15, -0.1) is 0 Å². The van der Waals surface area contributed by atoms with Crippen LogP contribution >= 0.6 is 0 Å². The predicted molar refractivity (Wildman–Crippen MR) is 102 cm³/mol. The molecule has 0 radical (unpaired) electrons. The second-order valence-electron chi connectivity index (χ2n) is 7.18. The summed E-state index contributed by atoms with van der Waals surface area (Å²) >= 11 is 0. The van der Waals surface area contributed by atoms with E-state index in [0.29, 0.717) is 0 Å². The van der Waals surface area contributed by atoms with Crippen LogP contribution in [0.2, 0.25) is 0 Å². The Morgan fingerprint density at radius 2 is 1.72 bits per heavy atom. The van der Waals surface area contributed by atoms with E-state index in [0.717, 1.165) is 38.0 Å². The van der Waals surface area contributed by atoms with E-state index in [9.17, 15) is 4.79 Å². The van der Waals surface area contributed by atoms with Crippen molar-refractivity contribution in [3.63, 3.8) is 0 Å². The third-order valence-electron chi connectivity index (χ3n) is 5.14. The first-order chi connectivity index (χ1) is 12.1. The molecule has 1 amide bonds. The number of amides is 1. The van der Waals surface area contributed by atoms with Crippen molar-refractivity contribution in [1.82, 2.24) is 10.2 Å². The Kier molecular flexibility index (Phi) is 5.87. The molecule has 0 spiro atoms. The van der Waals surface area contributed by atoms with E-state index in [4.69, 9.17) is 0 Å². The number of nitrogens with one attached hydrogen (secondary N) is 1. The van der Waals surface area contributed by atoms with E-state index in [1.165, 1.54) is 11.1 Å². The monoisotopic (exact) mass is 336 g/mol. The lowest BCUT2D eigenvalue weighted by molar-refractivity contribution is -0.127. The summed E-state index contributed by atoms with van der Waals surface area (Å²) in [5.74, 6) is 0.340. The van der Waals surface area contributed by atoms with Gasteiger partial charge in [-0.25, -0.2) is 0 Å². The van der Waals surface area contributed by atoms with E-state index in [-0.39, 0.29) is 17.9 Å². The van der Waals surface area contributed by atoms with Crippen molar-refractivity contribution in [3.05, 3.63) is 71.3 Å². The molecule has 2 aromatic carbocycles. The maximum Gasteiger partial charge on any atom is 0.223 e. The van der Waals surface area contributed by atoms with Crippen LogP contribution in [0.3, 0.4) is 0 Å². The summed E-state index contributed by atoms with van der Waals surface area (Å²) in [4.78, 5) is 15.0. The van der Waals surface area contributed by atoms with Gasteiger partial charge in [-0.05, 0) is 50.9 Å². The maximum absolute atomic E-state index is 12.6. The van der Waals surface area contributed by atoms with Gasteiger partial charge in [0.15, 0.2) is 0 Å². The van der Waals surface area contributed by atoms with Gasteiger partial charge in [-0.3, -0.25) is 9.69 Å². The average Bonchev–Trinajstić information content (AvgIpc) is 2.65. The molecule has 1 fully saturated rings. The van der Waals surface area contributed by atoms with Crippen molar-refractivity contribution in [3.8, 4) is 0 Å². The number of benzene rings is 2. The summed E-state index contributed by atoms with van der Waals surface area (Å²) in [6.45, 7) is 7.14. The number of piperidine rings is 1. The van der Waals surface area contributed by atoms with Gasteiger partial charge in [0.25, 0.3) is 0 Å². The first-order valence-corrected chi connectivity index (χ1v) is 9.25. The number of nitrogens with zero attached hydrogens (tertiary/aromatic N) is 1. The van der Waals surface area contributed by atoms with Crippen molar-refractivity contribution < 1.29 is 4.79 Å². The maximum atomic E-state index is 12.6. The van der Waals surface area contributed by atoms with Crippen LogP contribution in [0.25, 0.3) is 0 Å². The van der Waals surface area contributed by atoms with Crippen LogP contribution in [-0.4, -0.2) is 23.9 Å². The lowest BCUT2D eigenvalue weighted by Gasteiger charge is -2.32. The van der Waals surface area contributed by atoms with Crippen LogP contribution in [0.4, 0.5) is 0 Å². The molecule has 3 heteroatoms. The van der Waals surface area contributed by atoms with Gasteiger partial charge < -0.3 is 5.32 Å². The number of carbonyl (C=O) groups excluding carboxylic acids is 1. The van der Waals surface area contributed by atoms with Crippen LogP contribution in [0.1, 0.15) is 42.5 Å². The summed E-state index contributed by atoms with van der Waals surface area (Å²) < 4.78 is 0. The zero-order valence-corrected chi connectivity index (χ0v) is 15.2. The zero-order chi connectivity index (χ0) is 17.6. The minimum atomic E-state index is 0.0688. The summed E-state index contributed by atoms with van der Waals surface area (Å²) in [6.07, 6.45) is 1.89. The molecule has 0 unspecified atom stereocenters. The molecule has 25 heavy (non-hydrogen) atoms. The van der Waals surface area contributed by atoms with Gasteiger partial charge in [0.05, 0.1) is 6.04 Å². The SMILES string of the molecule is Cc1ccc(CN2CCC(C(=O)N[C@@H](C)c3ccccc3)CC2)cc1. The van der Waals surface area contributed by atoms with E-state index < -0.39 is 0 Å². The molecule has 0 aliphatic carbocycles. The van der Waals surface area contributed by atoms with Gasteiger partial charge in [0, 0.05) is 12.5 Å². The average molecular weight is 336 g/mol. The number of hydrogen-bond acceptors (Lipinski definition) is 2. The largest absolute Gasteiger partial charge is 0.349 e. The fourth-order valence-corrected chi connectivity index (χ4v) is 3.46. The highest BCUT2D eigenvalue weighted by Gasteiger charge is 2.25. The Labute approximate surface area is 151 Å². The summed E-state index contributed by atoms with van der Waals surface area (Å²) in [6, 6.07) is 19.0. The fourth-order valence-electron chi connectivity index (χ4n) is 3.46. The second-order valence-corrected chi connectivity index (χ2v) is 7.18. The van der Waals surface area contributed by atoms with E-state index >= 15 is 0 Å². The van der Waals surface area contributed by atoms with Gasteiger partial charge in [0.2, 0.25) is 5.91 Å². The first-order valence-electron chi connectivity index (χ1n) is 9.25. The highest BCUT2D eigenvalue weighted by atomic mass is 16.1. The molecule has 1 atom stereocenters. The molecule has 0 bridgehead atoms. The van der Waals surface area contributed by atoms with Crippen molar-refractivity contribution >= 4 is 5.91 Å². The smallest absolute Gasteiger partial charge is 0.223 e. The minimum Gasteiger partial charge on any atom is -0.349 e. The molecule has 1 aliphatic rings. The van der Waals surface area contributed by atoms with Crippen LogP contribution < -0.4 is 5.32 Å². The number of aryl methyl sites for hydroxylation is 1. The lowest BCUT2D eigenvalue weighted by Crippen LogP contribution is -2.40. The molecule has 1 aliphatic heterocycles. The Morgan fingerprint density at radius 1 is 1.08 bits per heavy atom. The fraction of sp³-hybridized carbons (Fsp3) is 0.409. The molecule has 0 saturated carbocycles. The number of carbonyl (C=O) groups is 1. The summed E-state index contributed by atoms with van der Waals surface area (Å²) in [7, 11) is 0. The predicted octanol–water partition coefficient (Wildman–Crippen LogP) is 4.08. The molecule has 0 aromatic heterocycles. The summed E-state index contributed by atoms with van der Waals surface area (Å²) in [5, 5.41) is 3.18. The van der Waals surface area contributed by atoms with Gasteiger partial charge >= 0.3 is 0 Å². The number of likely N-dealkylation sites (tertiary alicyclic amines) is 1. The second kappa shape index (κ2) is 8.30. The Balaban J connectivity index is 1.46. The molecule has 132 valence electrons. The number of hydrogen-bond donors (Lipinski definition) is 1. The number of rotatable bonds is 5. The van der Waals surface area contributed by atoms with Gasteiger partial charge in [-0.1, -0.05) is 60.2 Å². The third-order valence-corrected chi connectivity index (χ3v) is 5.14. The van der Waals surface area contributed by atoms with Crippen molar-refractivity contribution in [2.24, 2.45) is 5.92 Å². The Bertz CT molecular complexity index is 673. The van der Waals surface area contributed by atoms with E-state index in [1.807, 2.05) is 18.2 Å². The minimum absolute atomic E-state index is 0.0688. The van der Waals surface area contributed by atoms with Gasteiger partial charge in [-0.2, -0.15) is 0 Å². The first kappa shape index (κ1) is 17.7. The topological polar surface area (TPSA) is 32.3 Å².